The minimum Gasteiger partial charge on any atom is -0.388 e. The number of nitrogens with one attached hydrogen (secondary N) is 2. The van der Waals surface area contributed by atoms with Crippen LogP contribution in [0.2, 0.25) is 0 Å². The molecule has 0 bridgehead atoms. The molecular weight excluding hydrogens is 757 g/mol. The van der Waals surface area contributed by atoms with E-state index in [0.29, 0.717) is 6.73 Å². The van der Waals surface area contributed by atoms with Crippen molar-refractivity contribution in [2.24, 2.45) is 0 Å². The molecule has 0 aliphatic rings. The Kier molecular flexibility index (Phi) is 5030. The van der Waals surface area contributed by atoms with Gasteiger partial charge in [-0.15, -0.1) is 0 Å². The molecule has 61 heavy (non-hydrogen) atoms. The van der Waals surface area contributed by atoms with Crippen molar-refractivity contribution in [1.29, 1.82) is 0 Å². The van der Waals surface area contributed by atoms with Gasteiger partial charge in [0.1, 0.15) is 6.73 Å². The number of hydrogen-bond donors (Lipinski definition) is 2. The zero-order valence-electron chi connectivity index (χ0n) is 47.5. The molecule has 0 aromatic rings. The third-order valence-corrected chi connectivity index (χ3v) is 1.11. The van der Waals surface area contributed by atoms with E-state index < -0.39 is 0 Å². The Bertz CT molecular complexity index is 189. The summed E-state index contributed by atoms with van der Waals surface area (Å²) in [5, 5.41) is 4.82. The predicted molar refractivity (Wildman–Crippen MR) is 323 cm³/mol. The molecular formula is C54H164N2O5. The van der Waals surface area contributed by atoms with Gasteiger partial charge in [-0.05, 0) is 6.92 Å². The highest BCUT2D eigenvalue weighted by Crippen LogP contribution is 1.59. The maximum atomic E-state index is 10.0. The average Bonchev–Trinajstić information content (AvgIpc) is 3.32. The lowest BCUT2D eigenvalue weighted by atomic mass is 10.7. The largest absolute Gasteiger partial charge is 0.388 e. The van der Waals surface area contributed by atoms with Crippen LogP contribution in [-0.4, -0.2) is 60.6 Å². The first kappa shape index (κ1) is 218. The molecule has 0 aromatic carbocycles. The number of amides is 2. The molecule has 0 unspecified atom stereocenters. The second-order valence-corrected chi connectivity index (χ2v) is 2.96. The van der Waals surface area contributed by atoms with E-state index in [0.717, 1.165) is 6.61 Å². The van der Waals surface area contributed by atoms with Crippen molar-refractivity contribution in [3.63, 3.8) is 0 Å². The molecule has 0 aliphatic carbocycles. The van der Waals surface area contributed by atoms with Crippen LogP contribution in [0, 0.1) is 0 Å². The zero-order chi connectivity index (χ0) is 50.1. The van der Waals surface area contributed by atoms with Gasteiger partial charge < -0.3 is 24.8 Å². The molecule has 0 saturated heterocycles. The standard InChI is InChI=1S/C4H9NO2.C3H7NO.C3H8O.C2H6O.17C2H6.8CH4/c1-4(6)5-3-7-2;1-3(5)4-2;1-3-4-2;1-3-2;17*1-2;;;;;;;;/h3H2,1-2H3,(H,5,6);1-2H3,(H,4,5);3H2,1-2H3;1-2H3;17*1-2H3;8*1H4. The first-order valence-corrected chi connectivity index (χ1v) is 22.7. The number of hydrogen-bond acceptors (Lipinski definition) is 5. The molecule has 7 heteroatoms. The van der Waals surface area contributed by atoms with Crippen molar-refractivity contribution in [2.75, 3.05) is 48.8 Å². The lowest BCUT2D eigenvalue weighted by Crippen LogP contribution is -2.21. The van der Waals surface area contributed by atoms with Crippen LogP contribution < -0.4 is 10.6 Å². The Balaban J connectivity index is -0.00000000661. The normalized spacial score (nSPS) is 3.97. The van der Waals surface area contributed by atoms with Gasteiger partial charge >= 0.3 is 0 Å². The van der Waals surface area contributed by atoms with E-state index in [1.54, 1.807) is 28.4 Å². The predicted octanol–water partition coefficient (Wildman–Crippen LogP) is 22.9. The molecule has 0 aromatic heterocycles. The molecule has 7 nitrogen and oxygen atoms in total. The summed E-state index contributed by atoms with van der Waals surface area (Å²) in [6.45, 7) is 74.0. The SMILES string of the molecule is C.C.C.C.C.C.C.C.CC.CC.CC.CC.CC.CC.CC.CC.CC.CC.CC.CC.CC.CC.CC.CC.CC.CCOC.CNC(C)=O.COC.COCNC(C)=O. The summed E-state index contributed by atoms with van der Waals surface area (Å²) in [5.74, 6) is -0.0631. The summed E-state index contributed by atoms with van der Waals surface area (Å²) in [6.07, 6.45) is 0. The third kappa shape index (κ3) is 5610. The molecule has 2 N–H and O–H groups in total. The summed E-state index contributed by atoms with van der Waals surface area (Å²) in [6, 6.07) is 0. The molecule has 2 amide bonds. The van der Waals surface area contributed by atoms with Gasteiger partial charge in [0.05, 0.1) is 0 Å². The molecule has 420 valence electrons. The topological polar surface area (TPSA) is 85.9 Å². The van der Waals surface area contributed by atoms with E-state index in [1.165, 1.54) is 21.0 Å². The van der Waals surface area contributed by atoms with Crippen LogP contribution in [0.25, 0.3) is 0 Å². The lowest BCUT2D eigenvalue weighted by Gasteiger charge is -1.95. The quantitative estimate of drug-likeness (QED) is 0.276. The summed E-state index contributed by atoms with van der Waals surface area (Å²) < 4.78 is 13.3. The summed E-state index contributed by atoms with van der Waals surface area (Å²) in [5.41, 5.74) is 0. The Morgan fingerprint density at radius 2 is 0.426 bits per heavy atom. The van der Waals surface area contributed by atoms with Crippen LogP contribution in [0.3, 0.4) is 0 Å². The fraction of sp³-hybridized carbons (Fsp3) is 0.963. The molecule has 0 heterocycles. The molecule has 0 aliphatic heterocycles. The fourth-order valence-electron chi connectivity index (χ4n) is 0.174. The van der Waals surface area contributed by atoms with E-state index in [1.807, 2.05) is 242 Å². The number of carbonyl (C=O) groups is 2. The van der Waals surface area contributed by atoms with E-state index >= 15 is 0 Å². The van der Waals surface area contributed by atoms with Gasteiger partial charge in [-0.1, -0.05) is 295 Å². The fourth-order valence-corrected chi connectivity index (χ4v) is 0.174. The van der Waals surface area contributed by atoms with E-state index in [4.69, 9.17) is 0 Å². The second kappa shape index (κ2) is 1410. The summed E-state index contributed by atoms with van der Waals surface area (Å²) in [7, 11) is 8.05. The maximum absolute atomic E-state index is 10.0. The number of rotatable bonds is 3. The first-order chi connectivity index (χ1) is 25.9. The average molecular weight is 922 g/mol. The maximum Gasteiger partial charge on any atom is 0.218 e. The van der Waals surface area contributed by atoms with Crippen LogP contribution >= 0.6 is 0 Å². The Hall–Kier alpha value is -1.18. The highest BCUT2D eigenvalue weighted by molar-refractivity contribution is 5.72. The number of carbonyl (C=O) groups excluding carboxylic acids is 2. The van der Waals surface area contributed by atoms with Gasteiger partial charge in [0.25, 0.3) is 0 Å². The van der Waals surface area contributed by atoms with Crippen LogP contribution in [0.15, 0.2) is 0 Å². The van der Waals surface area contributed by atoms with Gasteiger partial charge in [0.2, 0.25) is 11.8 Å². The third-order valence-electron chi connectivity index (χ3n) is 1.11. The first-order valence-electron chi connectivity index (χ1n) is 22.7. The van der Waals surface area contributed by atoms with E-state index in [9.17, 15) is 9.59 Å². The highest BCUT2D eigenvalue weighted by atomic mass is 16.5. The molecule has 0 fully saturated rings. The van der Waals surface area contributed by atoms with Crippen LogP contribution in [0.5, 0.6) is 0 Å². The van der Waals surface area contributed by atoms with Crippen LogP contribution in [0.1, 0.15) is 316 Å². The zero-order valence-corrected chi connectivity index (χ0v) is 47.5. The van der Waals surface area contributed by atoms with E-state index in [-0.39, 0.29) is 71.2 Å². The summed E-state index contributed by atoms with van der Waals surface area (Å²) in [4.78, 5) is 19.7. The van der Waals surface area contributed by atoms with Crippen LogP contribution in [-0.2, 0) is 23.8 Å². The van der Waals surface area contributed by atoms with Crippen LogP contribution in [0.4, 0.5) is 0 Å². The van der Waals surface area contributed by atoms with E-state index in [2.05, 4.69) is 24.8 Å². The minimum atomic E-state index is -0.0677. The minimum absolute atomic E-state index is 0. The van der Waals surface area contributed by atoms with Gasteiger partial charge in [-0.2, -0.15) is 0 Å². The van der Waals surface area contributed by atoms with Gasteiger partial charge in [-0.25, -0.2) is 0 Å². The Morgan fingerprint density at radius 1 is 0.328 bits per heavy atom. The Labute approximate surface area is 409 Å². The summed E-state index contributed by atoms with van der Waals surface area (Å²) >= 11 is 0. The van der Waals surface area contributed by atoms with Crippen molar-refractivity contribution in [3.05, 3.63) is 0 Å². The van der Waals surface area contributed by atoms with Crippen molar-refractivity contribution >= 4 is 11.8 Å². The van der Waals surface area contributed by atoms with Gasteiger partial charge in [0.15, 0.2) is 0 Å². The van der Waals surface area contributed by atoms with Crippen molar-refractivity contribution in [2.45, 2.75) is 316 Å². The van der Waals surface area contributed by atoms with Gasteiger partial charge in [-0.3, -0.25) is 9.59 Å². The smallest absolute Gasteiger partial charge is 0.218 e. The number of methoxy groups -OCH3 is 3. The Morgan fingerprint density at radius 3 is 0.443 bits per heavy atom. The molecule has 0 spiro atoms. The second-order valence-electron chi connectivity index (χ2n) is 2.96. The monoisotopic (exact) mass is 921 g/mol. The van der Waals surface area contributed by atoms with Crippen molar-refractivity contribution in [1.82, 2.24) is 10.6 Å². The molecule has 0 radical (unpaired) electrons. The molecule has 0 saturated carbocycles. The van der Waals surface area contributed by atoms with Gasteiger partial charge in [0, 0.05) is 55.9 Å². The molecule has 0 rings (SSSR count). The van der Waals surface area contributed by atoms with Crippen molar-refractivity contribution < 1.29 is 23.8 Å². The lowest BCUT2D eigenvalue weighted by molar-refractivity contribution is -0.120. The number of ether oxygens (including phenoxy) is 3. The highest BCUT2D eigenvalue weighted by Gasteiger charge is 1.82. The van der Waals surface area contributed by atoms with Crippen molar-refractivity contribution in [3.8, 4) is 0 Å². The molecule has 0 atom stereocenters.